The Labute approximate surface area is 265 Å². The molecular formula is C41H30PSSi. The molecule has 0 aliphatic carbocycles. The summed E-state index contributed by atoms with van der Waals surface area (Å²) in [5.74, 6) is 0. The van der Waals surface area contributed by atoms with Crippen molar-refractivity contribution in [3.63, 3.8) is 0 Å². The quantitative estimate of drug-likeness (QED) is 0.137. The minimum Gasteiger partial charge on any atom is -0.135 e. The number of thiophene rings is 1. The zero-order chi connectivity index (χ0) is 29.2. The molecule has 0 nitrogen and oxygen atoms in total. The summed E-state index contributed by atoms with van der Waals surface area (Å²) >= 11 is 1.97. The van der Waals surface area contributed by atoms with Crippen LogP contribution in [0.2, 0.25) is 6.55 Å². The second kappa shape index (κ2) is 10.5. The summed E-state index contributed by atoms with van der Waals surface area (Å²) in [5.41, 5.74) is 5.90. The number of rotatable bonds is 3. The Morgan fingerprint density at radius 1 is 0.500 bits per heavy atom. The Bertz CT molecular complexity index is 2300. The highest BCUT2D eigenvalue weighted by Gasteiger charge is 2.28. The van der Waals surface area contributed by atoms with Crippen LogP contribution >= 0.6 is 19.3 Å². The molecule has 0 fully saturated rings. The maximum atomic E-state index is 2.53. The van der Waals surface area contributed by atoms with Gasteiger partial charge in [0.15, 0.2) is 0 Å². The van der Waals surface area contributed by atoms with Crippen molar-refractivity contribution in [3.8, 4) is 11.1 Å². The Kier molecular flexibility index (Phi) is 6.30. The predicted molar refractivity (Wildman–Crippen MR) is 198 cm³/mol. The first-order valence-electron chi connectivity index (χ1n) is 15.3. The number of hydrogen-bond donors (Lipinski definition) is 0. The molecular weight excluding hydrogens is 584 g/mol. The van der Waals surface area contributed by atoms with E-state index in [1.807, 2.05) is 11.3 Å². The van der Waals surface area contributed by atoms with Crippen LogP contribution in [-0.4, -0.2) is 8.80 Å². The van der Waals surface area contributed by atoms with E-state index >= 15 is 0 Å². The van der Waals surface area contributed by atoms with Crippen LogP contribution in [0.1, 0.15) is 11.1 Å². The van der Waals surface area contributed by atoms with E-state index in [-0.39, 0.29) is 0 Å². The molecule has 0 bridgehead atoms. The first kappa shape index (κ1) is 26.3. The number of fused-ring (bicyclic) bond motifs is 10. The molecule has 0 unspecified atom stereocenters. The molecule has 44 heavy (non-hydrogen) atoms. The van der Waals surface area contributed by atoms with Gasteiger partial charge in [0, 0.05) is 20.2 Å². The average Bonchev–Trinajstić information content (AvgIpc) is 3.37. The molecule has 3 heteroatoms. The van der Waals surface area contributed by atoms with Gasteiger partial charge >= 0.3 is 0 Å². The van der Waals surface area contributed by atoms with Crippen LogP contribution in [0, 0.1) is 0 Å². The van der Waals surface area contributed by atoms with Crippen molar-refractivity contribution in [2.45, 2.75) is 18.9 Å². The van der Waals surface area contributed by atoms with Crippen LogP contribution in [0.15, 0.2) is 140 Å². The average molecular weight is 614 g/mol. The molecule has 0 spiro atoms. The van der Waals surface area contributed by atoms with Gasteiger partial charge < -0.3 is 0 Å². The monoisotopic (exact) mass is 613 g/mol. The topological polar surface area (TPSA) is 0 Å². The fourth-order valence-corrected chi connectivity index (χ4v) is 14.5. The minimum absolute atomic E-state index is 0.455. The molecule has 8 aromatic rings. The van der Waals surface area contributed by atoms with Crippen LogP contribution in [0.4, 0.5) is 0 Å². The van der Waals surface area contributed by atoms with E-state index in [1.54, 1.807) is 15.7 Å². The van der Waals surface area contributed by atoms with Gasteiger partial charge in [-0.1, -0.05) is 148 Å². The zero-order valence-corrected chi connectivity index (χ0v) is 27.3. The van der Waals surface area contributed by atoms with Gasteiger partial charge in [0.1, 0.15) is 8.80 Å². The smallest absolute Gasteiger partial charge is 0.121 e. The largest absolute Gasteiger partial charge is 0.135 e. The van der Waals surface area contributed by atoms with Crippen molar-refractivity contribution in [1.29, 1.82) is 0 Å². The third-order valence-electron chi connectivity index (χ3n) is 9.46. The van der Waals surface area contributed by atoms with Crippen LogP contribution in [0.5, 0.6) is 0 Å². The third kappa shape index (κ3) is 4.13. The second-order valence-electron chi connectivity index (χ2n) is 11.9. The number of benzene rings is 7. The second-order valence-corrected chi connectivity index (χ2v) is 17.5. The van der Waals surface area contributed by atoms with Crippen molar-refractivity contribution in [2.75, 3.05) is 0 Å². The van der Waals surface area contributed by atoms with E-state index < -0.39 is 16.7 Å². The maximum absolute atomic E-state index is 2.53. The lowest BCUT2D eigenvalue weighted by Crippen LogP contribution is -2.46. The van der Waals surface area contributed by atoms with E-state index in [1.165, 1.54) is 64.0 Å². The van der Waals surface area contributed by atoms with Crippen molar-refractivity contribution >= 4 is 85.5 Å². The van der Waals surface area contributed by atoms with Gasteiger partial charge in [0.2, 0.25) is 0 Å². The fourth-order valence-electron chi connectivity index (χ4n) is 7.38. The molecule has 0 N–H and O–H groups in total. The highest BCUT2D eigenvalue weighted by Crippen LogP contribution is 2.52. The third-order valence-corrected chi connectivity index (χ3v) is 16.1. The van der Waals surface area contributed by atoms with Crippen molar-refractivity contribution in [2.24, 2.45) is 0 Å². The summed E-state index contributed by atoms with van der Waals surface area (Å²) in [6.45, 7) is 2.53. The van der Waals surface area contributed by atoms with Crippen molar-refractivity contribution in [1.82, 2.24) is 0 Å². The first-order chi connectivity index (χ1) is 21.7. The van der Waals surface area contributed by atoms with E-state index in [0.29, 0.717) is 0 Å². The summed E-state index contributed by atoms with van der Waals surface area (Å²) in [5, 5.41) is 12.9. The normalized spacial score (nSPS) is 13.5. The molecule has 0 saturated carbocycles. The van der Waals surface area contributed by atoms with E-state index in [0.717, 1.165) is 12.3 Å². The Balaban J connectivity index is 1.24. The summed E-state index contributed by atoms with van der Waals surface area (Å²) in [6, 6.07) is 52.9. The van der Waals surface area contributed by atoms with E-state index in [4.69, 9.17) is 0 Å². The lowest BCUT2D eigenvalue weighted by molar-refractivity contribution is 1.40. The summed E-state index contributed by atoms with van der Waals surface area (Å²) in [7, 11) is -1.46. The molecule has 7 aromatic carbocycles. The van der Waals surface area contributed by atoms with Gasteiger partial charge in [0.25, 0.3) is 0 Å². The SMILES string of the molecule is C[Si](c1ccccc1P1Cc2ccc3ccccc3c2-c2c(ccc3ccccc23)C1)c1cccc2c1sc1ccccc12. The van der Waals surface area contributed by atoms with E-state index in [2.05, 4.69) is 146 Å². The van der Waals surface area contributed by atoms with Crippen molar-refractivity contribution in [3.05, 3.63) is 151 Å². The Hall–Kier alpha value is -4.07. The van der Waals surface area contributed by atoms with Crippen LogP contribution in [0.25, 0.3) is 52.8 Å². The van der Waals surface area contributed by atoms with Gasteiger partial charge in [-0.3, -0.25) is 0 Å². The minimum atomic E-state index is -1.00. The molecule has 2 heterocycles. The molecule has 0 saturated heterocycles. The molecule has 1 aliphatic heterocycles. The van der Waals surface area contributed by atoms with Gasteiger partial charge in [-0.15, -0.1) is 11.3 Å². The molecule has 1 radical (unpaired) electrons. The maximum Gasteiger partial charge on any atom is 0.121 e. The molecule has 0 amide bonds. The van der Waals surface area contributed by atoms with Crippen LogP contribution in [-0.2, 0) is 12.3 Å². The molecule has 209 valence electrons. The van der Waals surface area contributed by atoms with Crippen LogP contribution in [0.3, 0.4) is 0 Å². The molecule has 9 rings (SSSR count). The molecule has 1 aliphatic rings. The van der Waals surface area contributed by atoms with Crippen LogP contribution < -0.4 is 15.7 Å². The lowest BCUT2D eigenvalue weighted by atomic mass is 9.88. The lowest BCUT2D eigenvalue weighted by Gasteiger charge is -2.23. The highest BCUT2D eigenvalue weighted by atomic mass is 32.1. The van der Waals surface area contributed by atoms with Gasteiger partial charge in [-0.2, -0.15) is 0 Å². The Morgan fingerprint density at radius 2 is 1.05 bits per heavy atom. The number of hydrogen-bond acceptors (Lipinski definition) is 1. The first-order valence-corrected chi connectivity index (χ1v) is 19.9. The molecule has 0 atom stereocenters. The predicted octanol–water partition coefficient (Wildman–Crippen LogP) is 10.1. The Morgan fingerprint density at radius 3 is 1.75 bits per heavy atom. The van der Waals surface area contributed by atoms with Gasteiger partial charge in [0.05, 0.1) is 0 Å². The van der Waals surface area contributed by atoms with Crippen molar-refractivity contribution < 1.29 is 0 Å². The van der Waals surface area contributed by atoms with E-state index in [9.17, 15) is 0 Å². The summed E-state index contributed by atoms with van der Waals surface area (Å²) in [4.78, 5) is 0. The summed E-state index contributed by atoms with van der Waals surface area (Å²) in [6.07, 6.45) is 2.22. The standard InChI is InChI=1S/C41H30PSSi/c1-44(38-20-10-16-34-33-15-6-8-18-36(33)43-41(34)38)37-19-9-7-17-35(37)42-25-29-23-21-27-11-2-4-13-31(27)39(29)40-30(26-42)24-22-28-12-3-5-14-32(28)40/h2-24H,25-26H2,1H3. The zero-order valence-electron chi connectivity index (χ0n) is 24.5. The van der Waals surface area contributed by atoms with Gasteiger partial charge in [-0.05, 0) is 77.9 Å². The summed E-state index contributed by atoms with van der Waals surface area (Å²) < 4.78 is 2.86. The highest BCUT2D eigenvalue weighted by molar-refractivity contribution is 7.64. The fraction of sp³-hybridized carbons (Fsp3) is 0.0732. The molecule has 1 aromatic heterocycles. The van der Waals surface area contributed by atoms with Gasteiger partial charge in [-0.25, -0.2) is 0 Å².